The van der Waals surface area contributed by atoms with Crippen molar-refractivity contribution in [2.75, 3.05) is 13.6 Å². The number of aliphatic carboxylic acids is 1. The lowest BCUT2D eigenvalue weighted by Gasteiger charge is -2.20. The van der Waals surface area contributed by atoms with Gasteiger partial charge in [-0.1, -0.05) is 13.8 Å². The van der Waals surface area contributed by atoms with Gasteiger partial charge in [0.05, 0.1) is 0 Å². The number of hydrogen-bond acceptors (Lipinski definition) is 4. The van der Waals surface area contributed by atoms with Gasteiger partial charge < -0.3 is 10.0 Å². The summed E-state index contributed by atoms with van der Waals surface area (Å²) in [5, 5.41) is 6.28. The number of likely N-dealkylation sites (tertiary alicyclic amines) is 1. The maximum absolute atomic E-state index is 12.1. The summed E-state index contributed by atoms with van der Waals surface area (Å²) in [7, 11) is -2.46. The molecule has 1 amide bonds. The molecule has 0 aromatic rings. The molecule has 0 bridgehead atoms. The lowest BCUT2D eigenvalue weighted by molar-refractivity contribution is -0.137. The van der Waals surface area contributed by atoms with Crippen molar-refractivity contribution < 1.29 is 23.1 Å². The molecule has 98 valence electrons. The maximum Gasteiger partial charge on any atom is 0.322 e. The molecular formula is C10H17NO5S. The first-order valence-corrected chi connectivity index (χ1v) is 7.01. The zero-order valence-electron chi connectivity index (χ0n) is 10.1. The van der Waals surface area contributed by atoms with Crippen molar-refractivity contribution in [3.05, 3.63) is 0 Å². The third-order valence-corrected chi connectivity index (χ3v) is 5.66. The van der Waals surface area contributed by atoms with Crippen LogP contribution in [0, 0.1) is 5.92 Å². The topological polar surface area (TPSA) is 91.8 Å². The highest BCUT2D eigenvalue weighted by atomic mass is 32.2. The van der Waals surface area contributed by atoms with Gasteiger partial charge in [0.25, 0.3) is 0 Å². The highest BCUT2D eigenvalue weighted by Gasteiger charge is 2.47. The summed E-state index contributed by atoms with van der Waals surface area (Å²) >= 11 is 0. The van der Waals surface area contributed by atoms with E-state index < -0.39 is 38.1 Å². The van der Waals surface area contributed by atoms with Crippen LogP contribution in [-0.4, -0.2) is 54.4 Å². The molecule has 6 nitrogen and oxygen atoms in total. The highest BCUT2D eigenvalue weighted by molar-refractivity contribution is 7.94. The summed E-state index contributed by atoms with van der Waals surface area (Å²) < 4.78 is 24.3. The number of nitrogens with zero attached hydrogens (tertiary/aromatic N) is 1. The second kappa shape index (κ2) is 4.64. The Hall–Kier alpha value is -1.11. The van der Waals surface area contributed by atoms with Crippen LogP contribution in [0.5, 0.6) is 0 Å². The summed E-state index contributed by atoms with van der Waals surface area (Å²) in [6.07, 6.45) is 0.175. The Balaban J connectivity index is 3.10. The minimum absolute atomic E-state index is 0.175. The van der Waals surface area contributed by atoms with Crippen molar-refractivity contribution in [2.24, 2.45) is 5.92 Å². The van der Waals surface area contributed by atoms with Gasteiger partial charge in [0.2, 0.25) is 5.91 Å². The molecule has 1 saturated heterocycles. The molecule has 1 aliphatic heterocycles. The van der Waals surface area contributed by atoms with E-state index in [1.807, 2.05) is 0 Å². The largest absolute Gasteiger partial charge is 0.480 e. The zero-order chi connectivity index (χ0) is 13.4. The van der Waals surface area contributed by atoms with E-state index in [9.17, 15) is 18.0 Å². The molecule has 0 aromatic heterocycles. The standard InChI is InChI=1S/C10H17NO5S/c1-6(2)8(10(13)14)17(15,16)7-4-5-11(3)9(7)12/h6-8H,4-5H2,1-3H3,(H,13,14). The normalized spacial score (nSPS) is 23.2. The van der Waals surface area contributed by atoms with Crippen LogP contribution in [0.1, 0.15) is 20.3 Å². The molecule has 1 heterocycles. The van der Waals surface area contributed by atoms with Crippen LogP contribution >= 0.6 is 0 Å². The van der Waals surface area contributed by atoms with Crippen LogP contribution in [0.4, 0.5) is 0 Å². The fourth-order valence-corrected chi connectivity index (χ4v) is 4.37. The summed E-state index contributed by atoms with van der Waals surface area (Å²) in [5.74, 6) is -2.45. The van der Waals surface area contributed by atoms with E-state index in [0.29, 0.717) is 6.54 Å². The van der Waals surface area contributed by atoms with E-state index in [2.05, 4.69) is 0 Å². The molecule has 2 atom stereocenters. The summed E-state index contributed by atoms with van der Waals surface area (Å²) in [6, 6.07) is 0. The molecule has 0 saturated carbocycles. The molecule has 1 rings (SSSR count). The fraction of sp³-hybridized carbons (Fsp3) is 0.800. The Morgan fingerprint density at radius 1 is 1.47 bits per heavy atom. The van der Waals surface area contributed by atoms with Crippen molar-refractivity contribution >= 4 is 21.7 Å². The van der Waals surface area contributed by atoms with Crippen LogP contribution in [0.15, 0.2) is 0 Å². The molecule has 17 heavy (non-hydrogen) atoms. The fourth-order valence-electron chi connectivity index (χ4n) is 2.08. The molecule has 1 fully saturated rings. The van der Waals surface area contributed by atoms with E-state index in [4.69, 9.17) is 5.11 Å². The average molecular weight is 263 g/mol. The summed E-state index contributed by atoms with van der Waals surface area (Å²) in [4.78, 5) is 24.0. The molecule has 0 aromatic carbocycles. The van der Waals surface area contributed by atoms with Gasteiger partial charge in [0, 0.05) is 13.6 Å². The van der Waals surface area contributed by atoms with Crippen molar-refractivity contribution in [2.45, 2.75) is 30.8 Å². The maximum atomic E-state index is 12.1. The minimum atomic E-state index is -3.97. The molecule has 0 radical (unpaired) electrons. The number of carbonyl (C=O) groups excluding carboxylic acids is 1. The van der Waals surface area contributed by atoms with Gasteiger partial charge in [-0.3, -0.25) is 9.59 Å². The Morgan fingerprint density at radius 2 is 2.00 bits per heavy atom. The second-order valence-electron chi connectivity index (χ2n) is 4.63. The molecule has 0 aliphatic carbocycles. The third-order valence-electron chi connectivity index (χ3n) is 2.98. The molecule has 2 unspecified atom stereocenters. The van der Waals surface area contributed by atoms with Crippen LogP contribution in [-0.2, 0) is 19.4 Å². The first kappa shape index (κ1) is 14.0. The van der Waals surface area contributed by atoms with Gasteiger partial charge in [0.15, 0.2) is 15.1 Å². The predicted octanol–water partition coefficient (Wildman–Crippen LogP) is -0.259. The monoisotopic (exact) mass is 263 g/mol. The van der Waals surface area contributed by atoms with Gasteiger partial charge in [-0.25, -0.2) is 8.42 Å². The Bertz CT molecular complexity index is 428. The van der Waals surface area contributed by atoms with Gasteiger partial charge in [-0.2, -0.15) is 0 Å². The quantitative estimate of drug-likeness (QED) is 0.754. The molecular weight excluding hydrogens is 246 g/mol. The van der Waals surface area contributed by atoms with E-state index in [-0.39, 0.29) is 6.42 Å². The van der Waals surface area contributed by atoms with Gasteiger partial charge >= 0.3 is 5.97 Å². The Labute approximate surface area is 101 Å². The molecule has 0 spiro atoms. The molecule has 7 heteroatoms. The number of carboxylic acid groups (broad SMARTS) is 1. The van der Waals surface area contributed by atoms with Crippen molar-refractivity contribution in [3.63, 3.8) is 0 Å². The van der Waals surface area contributed by atoms with Gasteiger partial charge in [-0.05, 0) is 12.3 Å². The predicted molar refractivity (Wildman–Crippen MR) is 61.2 cm³/mol. The van der Waals surface area contributed by atoms with Crippen molar-refractivity contribution in [1.82, 2.24) is 4.90 Å². The smallest absolute Gasteiger partial charge is 0.322 e. The lowest BCUT2D eigenvalue weighted by atomic mass is 10.1. The number of sulfone groups is 1. The first-order chi connectivity index (χ1) is 7.69. The van der Waals surface area contributed by atoms with Crippen LogP contribution in [0.2, 0.25) is 0 Å². The zero-order valence-corrected chi connectivity index (χ0v) is 10.9. The van der Waals surface area contributed by atoms with E-state index >= 15 is 0 Å². The number of amides is 1. The number of carbonyl (C=O) groups is 2. The first-order valence-electron chi connectivity index (χ1n) is 5.40. The van der Waals surface area contributed by atoms with E-state index in [0.717, 1.165) is 0 Å². The SMILES string of the molecule is CC(C)C(C(=O)O)S(=O)(=O)C1CCN(C)C1=O. The van der Waals surface area contributed by atoms with Gasteiger partial charge in [-0.15, -0.1) is 0 Å². The van der Waals surface area contributed by atoms with Crippen molar-refractivity contribution in [1.29, 1.82) is 0 Å². The van der Waals surface area contributed by atoms with E-state index in [1.54, 1.807) is 0 Å². The average Bonchev–Trinajstić information content (AvgIpc) is 2.45. The Kier molecular flexibility index (Phi) is 3.81. The minimum Gasteiger partial charge on any atom is -0.480 e. The number of hydrogen-bond donors (Lipinski definition) is 1. The number of carboxylic acids is 1. The molecule has 1 aliphatic rings. The van der Waals surface area contributed by atoms with E-state index in [1.165, 1.54) is 25.8 Å². The lowest BCUT2D eigenvalue weighted by Crippen LogP contribution is -2.44. The highest BCUT2D eigenvalue weighted by Crippen LogP contribution is 2.25. The summed E-state index contributed by atoms with van der Waals surface area (Å²) in [6.45, 7) is 3.41. The van der Waals surface area contributed by atoms with Crippen LogP contribution in [0.25, 0.3) is 0 Å². The van der Waals surface area contributed by atoms with Crippen LogP contribution in [0.3, 0.4) is 0 Å². The number of rotatable bonds is 4. The second-order valence-corrected chi connectivity index (χ2v) is 6.88. The summed E-state index contributed by atoms with van der Waals surface area (Å²) in [5.41, 5.74) is 0. The molecule has 1 N–H and O–H groups in total. The van der Waals surface area contributed by atoms with Crippen molar-refractivity contribution in [3.8, 4) is 0 Å². The van der Waals surface area contributed by atoms with Crippen LogP contribution < -0.4 is 0 Å². The third kappa shape index (κ3) is 2.43. The Morgan fingerprint density at radius 3 is 2.29 bits per heavy atom. The van der Waals surface area contributed by atoms with Gasteiger partial charge in [0.1, 0.15) is 5.25 Å².